The number of ether oxygens (including phenoxy) is 1. The van der Waals surface area contributed by atoms with Crippen molar-refractivity contribution in [1.82, 2.24) is 0 Å². The first kappa shape index (κ1) is 21.9. The lowest BCUT2D eigenvalue weighted by molar-refractivity contribution is -0.0505. The number of hydrogen-bond acceptors (Lipinski definition) is 1. The molecule has 0 heterocycles. The third-order valence-electron chi connectivity index (χ3n) is 5.31. The third-order valence-corrected chi connectivity index (χ3v) is 5.31. The number of benzene rings is 3. The Hall–Kier alpha value is -2.75. The van der Waals surface area contributed by atoms with E-state index in [2.05, 4.69) is 23.4 Å². The van der Waals surface area contributed by atoms with Gasteiger partial charge < -0.3 is 4.74 Å². The van der Waals surface area contributed by atoms with Crippen molar-refractivity contribution in [3.63, 3.8) is 0 Å². The molecule has 3 rings (SSSR count). The SMILES string of the molecule is C=CCCc1ccc(-c2ccc3c(F)c(CCCCC)c(OC(F)F)cc3c2)cc1. The Labute approximate surface area is 176 Å². The Bertz CT molecular complexity index is 993. The minimum absolute atomic E-state index is 0.0666. The molecule has 0 spiro atoms. The number of unbranched alkanes of at least 4 members (excludes halogenated alkanes) is 2. The van der Waals surface area contributed by atoms with Gasteiger partial charge in [0.25, 0.3) is 0 Å². The van der Waals surface area contributed by atoms with E-state index in [9.17, 15) is 8.78 Å². The maximum Gasteiger partial charge on any atom is 0.387 e. The molecular weight excluding hydrogens is 385 g/mol. The van der Waals surface area contributed by atoms with Crippen LogP contribution in [0.15, 0.2) is 61.2 Å². The Kier molecular flexibility index (Phi) is 7.56. The molecule has 0 N–H and O–H groups in total. The van der Waals surface area contributed by atoms with Crippen LogP contribution in [-0.4, -0.2) is 6.61 Å². The molecule has 0 aliphatic carbocycles. The normalized spacial score (nSPS) is 11.2. The van der Waals surface area contributed by atoms with Crippen LogP contribution in [0, 0.1) is 5.82 Å². The monoisotopic (exact) mass is 412 g/mol. The molecule has 0 saturated heterocycles. The van der Waals surface area contributed by atoms with Gasteiger partial charge in [-0.25, -0.2) is 4.39 Å². The number of aryl methyl sites for hydroxylation is 1. The van der Waals surface area contributed by atoms with Crippen molar-refractivity contribution in [3.05, 3.63) is 78.1 Å². The maximum atomic E-state index is 15.2. The van der Waals surface area contributed by atoms with E-state index in [1.54, 1.807) is 6.07 Å². The van der Waals surface area contributed by atoms with E-state index in [0.29, 0.717) is 17.2 Å². The number of hydrogen-bond donors (Lipinski definition) is 0. The van der Waals surface area contributed by atoms with Gasteiger partial charge in [0.1, 0.15) is 11.6 Å². The van der Waals surface area contributed by atoms with Crippen LogP contribution in [0.25, 0.3) is 21.9 Å². The second kappa shape index (κ2) is 10.3. The zero-order chi connectivity index (χ0) is 21.5. The summed E-state index contributed by atoms with van der Waals surface area (Å²) in [5.41, 5.74) is 3.34. The summed E-state index contributed by atoms with van der Waals surface area (Å²) in [5, 5.41) is 0.977. The lowest BCUT2D eigenvalue weighted by atomic mass is 9.96. The predicted molar refractivity (Wildman–Crippen MR) is 118 cm³/mol. The fraction of sp³-hybridized carbons (Fsp3) is 0.308. The maximum absolute atomic E-state index is 15.2. The summed E-state index contributed by atoms with van der Waals surface area (Å²) in [6, 6.07) is 15.1. The zero-order valence-corrected chi connectivity index (χ0v) is 17.3. The summed E-state index contributed by atoms with van der Waals surface area (Å²) in [4.78, 5) is 0. The van der Waals surface area contributed by atoms with Gasteiger partial charge in [0.15, 0.2) is 0 Å². The molecule has 158 valence electrons. The highest BCUT2D eigenvalue weighted by Gasteiger charge is 2.18. The van der Waals surface area contributed by atoms with E-state index in [-0.39, 0.29) is 11.3 Å². The second-order valence-electron chi connectivity index (χ2n) is 7.46. The smallest absolute Gasteiger partial charge is 0.387 e. The highest BCUT2D eigenvalue weighted by Crippen LogP contribution is 2.34. The molecule has 3 aromatic carbocycles. The van der Waals surface area contributed by atoms with Gasteiger partial charge in [0.2, 0.25) is 0 Å². The molecular formula is C26H27F3O. The average Bonchev–Trinajstić information content (AvgIpc) is 2.74. The third kappa shape index (κ3) is 5.24. The number of halogens is 3. The number of allylic oxidation sites excluding steroid dienone is 1. The van der Waals surface area contributed by atoms with Crippen molar-refractivity contribution in [2.45, 2.75) is 52.1 Å². The van der Waals surface area contributed by atoms with Crippen molar-refractivity contribution >= 4 is 10.8 Å². The second-order valence-corrected chi connectivity index (χ2v) is 7.46. The van der Waals surface area contributed by atoms with Crippen molar-refractivity contribution < 1.29 is 17.9 Å². The minimum atomic E-state index is -2.99. The van der Waals surface area contributed by atoms with Crippen molar-refractivity contribution in [1.29, 1.82) is 0 Å². The van der Waals surface area contributed by atoms with Crippen LogP contribution in [0.2, 0.25) is 0 Å². The largest absolute Gasteiger partial charge is 0.434 e. The van der Waals surface area contributed by atoms with E-state index < -0.39 is 12.4 Å². The molecule has 0 aliphatic heterocycles. The molecule has 0 saturated carbocycles. The van der Waals surface area contributed by atoms with Gasteiger partial charge in [-0.3, -0.25) is 0 Å². The average molecular weight is 412 g/mol. The molecule has 1 nitrogen and oxygen atoms in total. The molecule has 30 heavy (non-hydrogen) atoms. The van der Waals surface area contributed by atoms with Gasteiger partial charge in [-0.2, -0.15) is 8.78 Å². The van der Waals surface area contributed by atoms with Crippen LogP contribution in [0.1, 0.15) is 43.7 Å². The standard InChI is InChI=1S/C26H27F3O/c1-3-5-7-9-23-24(30-26(28)29)17-21-16-20(14-15-22(21)25(23)27)19-12-10-18(11-13-19)8-6-4-2/h4,10-17,26H,2-3,5-9H2,1H3. The van der Waals surface area contributed by atoms with Crippen LogP contribution in [0.4, 0.5) is 13.2 Å². The van der Waals surface area contributed by atoms with Crippen molar-refractivity contribution in [2.24, 2.45) is 0 Å². The van der Waals surface area contributed by atoms with Gasteiger partial charge in [0, 0.05) is 10.9 Å². The van der Waals surface area contributed by atoms with E-state index in [0.717, 1.165) is 43.2 Å². The van der Waals surface area contributed by atoms with E-state index >= 15 is 4.39 Å². The summed E-state index contributed by atoms with van der Waals surface area (Å²) < 4.78 is 45.7. The fourth-order valence-electron chi connectivity index (χ4n) is 3.68. The van der Waals surface area contributed by atoms with E-state index in [1.165, 1.54) is 11.6 Å². The lowest BCUT2D eigenvalue weighted by Crippen LogP contribution is -2.06. The molecule has 0 atom stereocenters. The molecule has 3 aromatic rings. The Balaban J connectivity index is 1.98. The Morgan fingerprint density at radius 3 is 2.37 bits per heavy atom. The first-order valence-corrected chi connectivity index (χ1v) is 10.4. The van der Waals surface area contributed by atoms with Crippen LogP contribution in [0.3, 0.4) is 0 Å². The highest BCUT2D eigenvalue weighted by atomic mass is 19.3. The van der Waals surface area contributed by atoms with Gasteiger partial charge in [-0.1, -0.05) is 62.2 Å². The van der Waals surface area contributed by atoms with E-state index in [1.807, 2.05) is 37.3 Å². The van der Waals surface area contributed by atoms with Crippen LogP contribution >= 0.6 is 0 Å². The zero-order valence-electron chi connectivity index (χ0n) is 17.3. The summed E-state index contributed by atoms with van der Waals surface area (Å²) in [6.07, 6.45) is 6.73. The van der Waals surface area contributed by atoms with E-state index in [4.69, 9.17) is 0 Å². The minimum Gasteiger partial charge on any atom is -0.434 e. The first-order chi connectivity index (χ1) is 14.5. The molecule has 0 aliphatic rings. The lowest BCUT2D eigenvalue weighted by Gasteiger charge is -2.15. The van der Waals surface area contributed by atoms with Crippen LogP contribution in [0.5, 0.6) is 5.75 Å². The summed E-state index contributed by atoms with van der Waals surface area (Å²) in [6.45, 7) is 2.80. The number of fused-ring (bicyclic) bond motifs is 1. The van der Waals surface area contributed by atoms with Gasteiger partial charge in [0.05, 0.1) is 0 Å². The summed E-state index contributed by atoms with van der Waals surface area (Å²) in [7, 11) is 0. The van der Waals surface area contributed by atoms with Crippen LogP contribution < -0.4 is 4.74 Å². The summed E-state index contributed by atoms with van der Waals surface area (Å²) >= 11 is 0. The molecule has 0 fully saturated rings. The Morgan fingerprint density at radius 1 is 0.967 bits per heavy atom. The molecule has 0 aromatic heterocycles. The molecule has 0 radical (unpaired) electrons. The number of rotatable bonds is 10. The Morgan fingerprint density at radius 2 is 1.70 bits per heavy atom. The fourth-order valence-corrected chi connectivity index (χ4v) is 3.68. The predicted octanol–water partition coefficient (Wildman–Crippen LogP) is 8.10. The molecule has 0 amide bonds. The summed E-state index contributed by atoms with van der Waals surface area (Å²) in [5.74, 6) is -0.534. The quantitative estimate of drug-likeness (QED) is 0.241. The topological polar surface area (TPSA) is 9.23 Å². The highest BCUT2D eigenvalue weighted by molar-refractivity contribution is 5.90. The number of alkyl halides is 2. The van der Waals surface area contributed by atoms with Gasteiger partial charge in [-0.15, -0.1) is 6.58 Å². The van der Waals surface area contributed by atoms with Gasteiger partial charge in [-0.05, 0) is 59.9 Å². The van der Waals surface area contributed by atoms with Crippen molar-refractivity contribution in [3.8, 4) is 16.9 Å². The molecule has 0 unspecified atom stereocenters. The first-order valence-electron chi connectivity index (χ1n) is 10.4. The van der Waals surface area contributed by atoms with Crippen LogP contribution in [-0.2, 0) is 12.8 Å². The molecule has 4 heteroatoms. The van der Waals surface area contributed by atoms with Crippen molar-refractivity contribution in [2.75, 3.05) is 0 Å². The molecule has 0 bridgehead atoms. The van der Waals surface area contributed by atoms with Gasteiger partial charge >= 0.3 is 6.61 Å².